The Balaban J connectivity index is 1.82. The lowest BCUT2D eigenvalue weighted by Gasteiger charge is -2.28. The van der Waals surface area contributed by atoms with Crippen molar-refractivity contribution >= 4 is 27.9 Å². The topological polar surface area (TPSA) is 121 Å². The summed E-state index contributed by atoms with van der Waals surface area (Å²) in [6.07, 6.45) is 5.44. The number of nitrogens with one attached hydrogen (secondary N) is 4. The van der Waals surface area contributed by atoms with E-state index < -0.39 is 10.0 Å². The van der Waals surface area contributed by atoms with E-state index in [1.165, 1.54) is 6.26 Å². The third kappa shape index (κ3) is 7.28. The number of sulfonamides is 1. The fraction of sp³-hybridized carbons (Fsp3) is 0.812. The molecule has 1 aliphatic rings. The van der Waals surface area contributed by atoms with Crippen molar-refractivity contribution in [2.45, 2.75) is 39.5 Å². The van der Waals surface area contributed by atoms with Crippen LogP contribution in [0.25, 0.3) is 0 Å². The van der Waals surface area contributed by atoms with Gasteiger partial charge in [-0.25, -0.2) is 13.1 Å². The van der Waals surface area contributed by atoms with E-state index in [1.807, 2.05) is 13.8 Å². The Hall–Kier alpha value is -1.68. The first kappa shape index (κ1) is 20.6. The summed E-state index contributed by atoms with van der Waals surface area (Å²) in [5, 5.41) is 9.57. The highest BCUT2D eigenvalue weighted by molar-refractivity contribution is 7.88. The van der Waals surface area contributed by atoms with Crippen LogP contribution in [-0.2, 0) is 10.0 Å². The Labute approximate surface area is 156 Å². The highest BCUT2D eigenvalue weighted by Crippen LogP contribution is 2.28. The molecule has 26 heavy (non-hydrogen) atoms. The lowest BCUT2D eigenvalue weighted by Crippen LogP contribution is -2.31. The molecule has 0 bridgehead atoms. The highest BCUT2D eigenvalue weighted by Gasteiger charge is 2.22. The first-order valence-electron chi connectivity index (χ1n) is 9.32. The predicted octanol–water partition coefficient (Wildman–Crippen LogP) is 1.50. The van der Waals surface area contributed by atoms with Crippen LogP contribution in [0, 0.1) is 11.8 Å². The molecule has 0 aromatic carbocycles. The second kappa shape index (κ2) is 9.86. The van der Waals surface area contributed by atoms with E-state index in [0.717, 1.165) is 45.3 Å². The van der Waals surface area contributed by atoms with E-state index in [4.69, 9.17) is 0 Å². The Kier molecular flexibility index (Phi) is 7.83. The summed E-state index contributed by atoms with van der Waals surface area (Å²) >= 11 is 0. The monoisotopic (exact) mass is 385 g/mol. The van der Waals surface area contributed by atoms with Gasteiger partial charge in [-0.05, 0) is 51.4 Å². The SMILES string of the molecule is CCNc1nc(NCC)nc(NCC2CCC(CNS(C)(=O)=O)CC2)n1. The van der Waals surface area contributed by atoms with Crippen molar-refractivity contribution in [3.63, 3.8) is 0 Å². The average molecular weight is 386 g/mol. The molecule has 1 heterocycles. The number of aromatic nitrogens is 3. The minimum atomic E-state index is -3.10. The van der Waals surface area contributed by atoms with Crippen molar-refractivity contribution in [2.24, 2.45) is 11.8 Å². The van der Waals surface area contributed by atoms with Gasteiger partial charge in [-0.1, -0.05) is 0 Å². The summed E-state index contributed by atoms with van der Waals surface area (Å²) in [6.45, 7) is 6.86. The van der Waals surface area contributed by atoms with Crippen molar-refractivity contribution < 1.29 is 8.42 Å². The normalized spacial score (nSPS) is 20.6. The third-order valence-electron chi connectivity index (χ3n) is 4.45. The molecule has 1 fully saturated rings. The predicted molar refractivity (Wildman–Crippen MR) is 105 cm³/mol. The van der Waals surface area contributed by atoms with Crippen LogP contribution in [0.1, 0.15) is 39.5 Å². The summed E-state index contributed by atoms with van der Waals surface area (Å²) in [6, 6.07) is 0. The zero-order valence-corrected chi connectivity index (χ0v) is 16.7. The van der Waals surface area contributed by atoms with E-state index >= 15 is 0 Å². The van der Waals surface area contributed by atoms with Crippen LogP contribution in [0.4, 0.5) is 17.8 Å². The Morgan fingerprint density at radius 2 is 1.23 bits per heavy atom. The van der Waals surface area contributed by atoms with Gasteiger partial charge in [0.15, 0.2) is 0 Å². The molecule has 1 aliphatic carbocycles. The molecule has 1 aromatic rings. The molecular weight excluding hydrogens is 354 g/mol. The van der Waals surface area contributed by atoms with Gasteiger partial charge in [0.2, 0.25) is 27.9 Å². The van der Waals surface area contributed by atoms with Gasteiger partial charge >= 0.3 is 0 Å². The van der Waals surface area contributed by atoms with Gasteiger partial charge in [0, 0.05) is 26.2 Å². The van der Waals surface area contributed by atoms with Crippen LogP contribution in [0.3, 0.4) is 0 Å². The summed E-state index contributed by atoms with van der Waals surface area (Å²) in [5.74, 6) is 2.69. The van der Waals surface area contributed by atoms with E-state index in [1.54, 1.807) is 0 Å². The fourth-order valence-electron chi connectivity index (χ4n) is 3.07. The number of anilines is 3. The maximum atomic E-state index is 11.2. The molecule has 0 unspecified atom stereocenters. The van der Waals surface area contributed by atoms with E-state index in [9.17, 15) is 8.42 Å². The molecule has 10 heteroatoms. The largest absolute Gasteiger partial charge is 0.354 e. The molecule has 0 radical (unpaired) electrons. The molecular formula is C16H31N7O2S. The van der Waals surface area contributed by atoms with Crippen molar-refractivity contribution in [1.82, 2.24) is 19.7 Å². The van der Waals surface area contributed by atoms with Crippen LogP contribution in [0.5, 0.6) is 0 Å². The van der Waals surface area contributed by atoms with Crippen LogP contribution < -0.4 is 20.7 Å². The van der Waals surface area contributed by atoms with Crippen LogP contribution >= 0.6 is 0 Å². The minimum absolute atomic E-state index is 0.430. The molecule has 2 rings (SSSR count). The van der Waals surface area contributed by atoms with Gasteiger partial charge < -0.3 is 16.0 Å². The molecule has 4 N–H and O–H groups in total. The molecule has 9 nitrogen and oxygen atoms in total. The zero-order chi connectivity index (χ0) is 19.0. The molecule has 0 atom stereocenters. The number of hydrogen-bond acceptors (Lipinski definition) is 8. The number of nitrogens with zero attached hydrogens (tertiary/aromatic N) is 3. The van der Waals surface area contributed by atoms with Crippen molar-refractivity contribution in [2.75, 3.05) is 48.4 Å². The zero-order valence-electron chi connectivity index (χ0n) is 15.9. The fourth-order valence-corrected chi connectivity index (χ4v) is 3.61. The van der Waals surface area contributed by atoms with Gasteiger partial charge in [-0.3, -0.25) is 0 Å². The third-order valence-corrected chi connectivity index (χ3v) is 5.15. The minimum Gasteiger partial charge on any atom is -0.354 e. The van der Waals surface area contributed by atoms with E-state index in [0.29, 0.717) is 36.2 Å². The first-order valence-corrected chi connectivity index (χ1v) is 11.2. The van der Waals surface area contributed by atoms with Gasteiger partial charge in [0.1, 0.15) is 0 Å². The first-order chi connectivity index (χ1) is 12.4. The maximum Gasteiger partial charge on any atom is 0.229 e. The number of hydrogen-bond donors (Lipinski definition) is 4. The van der Waals surface area contributed by atoms with Gasteiger partial charge in [-0.2, -0.15) is 15.0 Å². The van der Waals surface area contributed by atoms with Gasteiger partial charge in [-0.15, -0.1) is 0 Å². The Bertz CT molecular complexity index is 636. The summed E-state index contributed by atoms with van der Waals surface area (Å²) in [4.78, 5) is 13.1. The molecule has 1 aromatic heterocycles. The lowest BCUT2D eigenvalue weighted by atomic mass is 9.82. The van der Waals surface area contributed by atoms with Crippen LogP contribution in [0.15, 0.2) is 0 Å². The van der Waals surface area contributed by atoms with Crippen molar-refractivity contribution in [3.05, 3.63) is 0 Å². The molecule has 0 saturated heterocycles. The van der Waals surface area contributed by atoms with Crippen molar-refractivity contribution in [1.29, 1.82) is 0 Å². The summed E-state index contributed by atoms with van der Waals surface area (Å²) in [5.41, 5.74) is 0. The van der Waals surface area contributed by atoms with Gasteiger partial charge in [0.25, 0.3) is 0 Å². The average Bonchev–Trinajstić information content (AvgIpc) is 2.59. The highest BCUT2D eigenvalue weighted by atomic mass is 32.2. The maximum absolute atomic E-state index is 11.2. The smallest absolute Gasteiger partial charge is 0.229 e. The van der Waals surface area contributed by atoms with Crippen LogP contribution in [0.2, 0.25) is 0 Å². The molecule has 0 amide bonds. The van der Waals surface area contributed by atoms with Crippen molar-refractivity contribution in [3.8, 4) is 0 Å². The van der Waals surface area contributed by atoms with E-state index in [-0.39, 0.29) is 0 Å². The molecule has 1 saturated carbocycles. The molecule has 148 valence electrons. The Morgan fingerprint density at radius 1 is 0.808 bits per heavy atom. The quantitative estimate of drug-likeness (QED) is 0.478. The second-order valence-electron chi connectivity index (χ2n) is 6.76. The molecule has 0 aliphatic heterocycles. The molecule has 0 spiro atoms. The van der Waals surface area contributed by atoms with Crippen LogP contribution in [-0.4, -0.2) is 55.8 Å². The standard InChI is InChI=1S/C16H31N7O2S/c1-4-17-14-21-15(18-5-2)23-16(22-14)19-10-12-6-8-13(9-7-12)11-20-26(3,24)25/h12-13,20H,4-11H2,1-3H3,(H3,17,18,19,21,22,23). The lowest BCUT2D eigenvalue weighted by molar-refractivity contribution is 0.284. The summed E-state index contributed by atoms with van der Waals surface area (Å²) < 4.78 is 25.0. The Morgan fingerprint density at radius 3 is 1.65 bits per heavy atom. The number of rotatable bonds is 10. The van der Waals surface area contributed by atoms with Gasteiger partial charge in [0.05, 0.1) is 6.26 Å². The second-order valence-corrected chi connectivity index (χ2v) is 8.59. The van der Waals surface area contributed by atoms with E-state index in [2.05, 4.69) is 35.6 Å². The summed E-state index contributed by atoms with van der Waals surface area (Å²) in [7, 11) is -3.10.